The molecular formula is C13H26N2O4. The van der Waals surface area contributed by atoms with Crippen LogP contribution in [0.15, 0.2) is 0 Å². The van der Waals surface area contributed by atoms with Crippen molar-refractivity contribution < 1.29 is 19.1 Å². The van der Waals surface area contributed by atoms with Crippen LogP contribution in [0, 0.1) is 0 Å². The van der Waals surface area contributed by atoms with Crippen LogP contribution in [0.5, 0.6) is 0 Å². The SMILES string of the molecule is CCOC(=O)COCCNC(C)C(=O)N(CC)CC. The molecule has 112 valence electrons. The molecule has 0 heterocycles. The number of carbonyl (C=O) groups excluding carboxylic acids is 2. The molecule has 6 nitrogen and oxygen atoms in total. The molecule has 0 fully saturated rings. The molecule has 0 aliphatic carbocycles. The van der Waals surface area contributed by atoms with Crippen LogP contribution in [0.4, 0.5) is 0 Å². The molecule has 0 radical (unpaired) electrons. The van der Waals surface area contributed by atoms with Gasteiger partial charge in [0, 0.05) is 19.6 Å². The molecule has 0 aromatic carbocycles. The normalized spacial score (nSPS) is 12.0. The van der Waals surface area contributed by atoms with E-state index < -0.39 is 0 Å². The lowest BCUT2D eigenvalue weighted by atomic mass is 10.3. The average molecular weight is 274 g/mol. The minimum atomic E-state index is -0.366. The number of esters is 1. The first-order valence-corrected chi connectivity index (χ1v) is 6.82. The van der Waals surface area contributed by atoms with Crippen molar-refractivity contribution in [3.8, 4) is 0 Å². The van der Waals surface area contributed by atoms with Gasteiger partial charge in [-0.25, -0.2) is 4.79 Å². The highest BCUT2D eigenvalue weighted by Gasteiger charge is 2.16. The summed E-state index contributed by atoms with van der Waals surface area (Å²) in [6.45, 7) is 10.1. The van der Waals surface area contributed by atoms with Gasteiger partial charge in [-0.2, -0.15) is 0 Å². The lowest BCUT2D eigenvalue weighted by Gasteiger charge is -2.23. The quantitative estimate of drug-likeness (QED) is 0.462. The van der Waals surface area contributed by atoms with E-state index in [-0.39, 0.29) is 24.5 Å². The van der Waals surface area contributed by atoms with Crippen LogP contribution in [0.1, 0.15) is 27.7 Å². The number of carbonyl (C=O) groups is 2. The molecule has 6 heteroatoms. The summed E-state index contributed by atoms with van der Waals surface area (Å²) in [5.41, 5.74) is 0. The van der Waals surface area contributed by atoms with E-state index in [4.69, 9.17) is 9.47 Å². The summed E-state index contributed by atoms with van der Waals surface area (Å²) < 4.78 is 9.85. The maximum atomic E-state index is 11.9. The van der Waals surface area contributed by atoms with Crippen molar-refractivity contribution in [1.29, 1.82) is 0 Å². The first kappa shape index (κ1) is 17.9. The van der Waals surface area contributed by atoms with Gasteiger partial charge in [0.25, 0.3) is 0 Å². The third kappa shape index (κ3) is 7.79. The zero-order valence-electron chi connectivity index (χ0n) is 12.4. The maximum absolute atomic E-state index is 11.9. The number of nitrogens with zero attached hydrogens (tertiary/aromatic N) is 1. The van der Waals surface area contributed by atoms with Crippen molar-refractivity contribution in [3.63, 3.8) is 0 Å². The van der Waals surface area contributed by atoms with E-state index >= 15 is 0 Å². The van der Waals surface area contributed by atoms with E-state index in [9.17, 15) is 9.59 Å². The number of hydrogen-bond acceptors (Lipinski definition) is 5. The molecule has 1 atom stereocenters. The van der Waals surface area contributed by atoms with Crippen LogP contribution in [-0.2, 0) is 19.1 Å². The van der Waals surface area contributed by atoms with Crippen molar-refractivity contribution in [2.24, 2.45) is 0 Å². The Labute approximate surface area is 115 Å². The molecule has 1 unspecified atom stereocenters. The van der Waals surface area contributed by atoms with Crippen molar-refractivity contribution >= 4 is 11.9 Å². The molecule has 0 aliphatic rings. The molecule has 0 aliphatic heterocycles. The summed E-state index contributed by atoms with van der Waals surface area (Å²) in [5, 5.41) is 3.07. The monoisotopic (exact) mass is 274 g/mol. The second-order valence-electron chi connectivity index (χ2n) is 4.04. The third-order valence-corrected chi connectivity index (χ3v) is 2.67. The fourth-order valence-electron chi connectivity index (χ4n) is 1.60. The maximum Gasteiger partial charge on any atom is 0.332 e. The molecule has 0 bridgehead atoms. The predicted molar refractivity (Wildman–Crippen MR) is 72.8 cm³/mol. The highest BCUT2D eigenvalue weighted by molar-refractivity contribution is 5.81. The molecule has 1 amide bonds. The number of rotatable bonds is 10. The first-order chi connectivity index (χ1) is 9.06. The summed E-state index contributed by atoms with van der Waals surface area (Å²) >= 11 is 0. The Kier molecular flexibility index (Phi) is 10.1. The summed E-state index contributed by atoms with van der Waals surface area (Å²) in [6, 6.07) is -0.244. The minimum Gasteiger partial charge on any atom is -0.464 e. The molecule has 1 N–H and O–H groups in total. The molecule has 0 spiro atoms. The Balaban J connectivity index is 3.71. The van der Waals surface area contributed by atoms with Crippen LogP contribution in [0.3, 0.4) is 0 Å². The number of amides is 1. The standard InChI is InChI=1S/C13H26N2O4/c1-5-15(6-2)13(17)11(4)14-8-9-18-10-12(16)19-7-3/h11,14H,5-10H2,1-4H3. The van der Waals surface area contributed by atoms with Crippen molar-refractivity contribution in [2.45, 2.75) is 33.7 Å². The lowest BCUT2D eigenvalue weighted by molar-refractivity contribution is -0.148. The Morgan fingerprint density at radius 1 is 1.21 bits per heavy atom. The van der Waals surface area contributed by atoms with Gasteiger partial charge < -0.3 is 19.7 Å². The van der Waals surface area contributed by atoms with Gasteiger partial charge in [-0.15, -0.1) is 0 Å². The van der Waals surface area contributed by atoms with Gasteiger partial charge in [0.05, 0.1) is 19.3 Å². The molecule has 0 aromatic rings. The predicted octanol–water partition coefficient (Wildman–Crippen LogP) is 0.413. The smallest absolute Gasteiger partial charge is 0.332 e. The number of likely N-dealkylation sites (N-methyl/N-ethyl adjacent to an activating group) is 1. The molecular weight excluding hydrogens is 248 g/mol. The van der Waals surface area contributed by atoms with Crippen LogP contribution < -0.4 is 5.32 Å². The Hall–Kier alpha value is -1.14. The van der Waals surface area contributed by atoms with E-state index in [1.54, 1.807) is 11.8 Å². The van der Waals surface area contributed by atoms with Crippen LogP contribution in [0.25, 0.3) is 0 Å². The fraction of sp³-hybridized carbons (Fsp3) is 0.846. The minimum absolute atomic E-state index is 0.0477. The Morgan fingerprint density at radius 3 is 2.37 bits per heavy atom. The zero-order valence-corrected chi connectivity index (χ0v) is 12.4. The number of hydrogen-bond donors (Lipinski definition) is 1. The molecule has 0 aromatic heterocycles. The van der Waals surface area contributed by atoms with Crippen molar-refractivity contribution in [3.05, 3.63) is 0 Å². The summed E-state index contributed by atoms with van der Waals surface area (Å²) in [5.74, 6) is -0.287. The van der Waals surface area contributed by atoms with E-state index in [1.807, 2.05) is 20.8 Å². The summed E-state index contributed by atoms with van der Waals surface area (Å²) in [6.07, 6.45) is 0. The van der Waals surface area contributed by atoms with Crippen LogP contribution in [-0.4, -0.2) is 62.3 Å². The average Bonchev–Trinajstić information content (AvgIpc) is 2.39. The first-order valence-electron chi connectivity index (χ1n) is 6.82. The third-order valence-electron chi connectivity index (χ3n) is 2.67. The van der Waals surface area contributed by atoms with Gasteiger partial charge >= 0.3 is 5.97 Å². The number of nitrogens with one attached hydrogen (secondary N) is 1. The van der Waals surface area contributed by atoms with Gasteiger partial charge in [0.1, 0.15) is 6.61 Å². The van der Waals surface area contributed by atoms with E-state index in [1.165, 1.54) is 0 Å². The largest absolute Gasteiger partial charge is 0.464 e. The van der Waals surface area contributed by atoms with Gasteiger partial charge in [0.15, 0.2) is 0 Å². The van der Waals surface area contributed by atoms with Gasteiger partial charge in [-0.05, 0) is 27.7 Å². The second kappa shape index (κ2) is 10.8. The van der Waals surface area contributed by atoms with E-state index in [0.717, 1.165) is 0 Å². The molecule has 0 saturated carbocycles. The van der Waals surface area contributed by atoms with Crippen molar-refractivity contribution in [1.82, 2.24) is 10.2 Å². The topological polar surface area (TPSA) is 67.9 Å². The van der Waals surface area contributed by atoms with E-state index in [2.05, 4.69) is 5.32 Å². The van der Waals surface area contributed by atoms with Gasteiger partial charge in [0.2, 0.25) is 5.91 Å². The molecule has 0 rings (SSSR count). The Bertz CT molecular complexity index is 267. The zero-order chi connectivity index (χ0) is 14.7. The Morgan fingerprint density at radius 2 is 1.84 bits per heavy atom. The van der Waals surface area contributed by atoms with E-state index in [0.29, 0.717) is 32.8 Å². The van der Waals surface area contributed by atoms with Gasteiger partial charge in [-0.3, -0.25) is 4.79 Å². The van der Waals surface area contributed by atoms with Crippen LogP contribution in [0.2, 0.25) is 0 Å². The van der Waals surface area contributed by atoms with Gasteiger partial charge in [-0.1, -0.05) is 0 Å². The highest BCUT2D eigenvalue weighted by atomic mass is 16.6. The summed E-state index contributed by atoms with van der Waals surface area (Å²) in [7, 11) is 0. The lowest BCUT2D eigenvalue weighted by Crippen LogP contribution is -2.45. The fourth-order valence-corrected chi connectivity index (χ4v) is 1.60. The highest BCUT2D eigenvalue weighted by Crippen LogP contribution is 1.94. The number of ether oxygens (including phenoxy) is 2. The molecule has 0 saturated heterocycles. The molecule has 19 heavy (non-hydrogen) atoms. The van der Waals surface area contributed by atoms with Crippen LogP contribution >= 0.6 is 0 Å². The summed E-state index contributed by atoms with van der Waals surface area (Å²) in [4.78, 5) is 24.7. The van der Waals surface area contributed by atoms with Crippen molar-refractivity contribution in [2.75, 3.05) is 39.5 Å². The second-order valence-corrected chi connectivity index (χ2v) is 4.04.